The lowest BCUT2D eigenvalue weighted by Crippen LogP contribution is -2.24. The third-order valence-corrected chi connectivity index (χ3v) is 6.75. The van der Waals surface area contributed by atoms with Crippen molar-refractivity contribution in [2.45, 2.75) is 0 Å². The van der Waals surface area contributed by atoms with E-state index in [1.165, 1.54) is 0 Å². The molecule has 1 aromatic heterocycles. The van der Waals surface area contributed by atoms with Gasteiger partial charge in [0.25, 0.3) is 0 Å². The highest BCUT2D eigenvalue weighted by molar-refractivity contribution is 7.81. The molecular formula is C27H18F3N9O3S3. The zero-order valence-electron chi connectivity index (χ0n) is 22.4. The van der Waals surface area contributed by atoms with Crippen molar-refractivity contribution in [1.82, 2.24) is 15.0 Å². The number of hydrogen-bond donors (Lipinski definition) is 6. The number of nitrogens with one attached hydrogen (secondary N) is 3. The molecule has 3 amide bonds. The first-order valence-corrected chi connectivity index (χ1v) is 13.4. The number of aromatic nitrogens is 3. The van der Waals surface area contributed by atoms with Gasteiger partial charge in [-0.15, -0.1) is 0 Å². The van der Waals surface area contributed by atoms with Crippen molar-refractivity contribution >= 4 is 87.2 Å². The van der Waals surface area contributed by atoms with Crippen molar-refractivity contribution < 1.29 is 27.6 Å². The van der Waals surface area contributed by atoms with E-state index in [-0.39, 0.29) is 66.2 Å². The molecule has 0 radical (unpaired) electrons. The average molecular weight is 670 g/mol. The largest absolute Gasteiger partial charge is 0.366 e. The topological polar surface area (TPSA) is 204 Å². The van der Waals surface area contributed by atoms with Crippen LogP contribution in [0, 0.1) is 17.5 Å². The van der Waals surface area contributed by atoms with Gasteiger partial charge in [-0.05, 0) is 54.6 Å². The molecule has 45 heavy (non-hydrogen) atoms. The van der Waals surface area contributed by atoms with Gasteiger partial charge >= 0.3 is 0 Å². The predicted molar refractivity (Wildman–Crippen MR) is 171 cm³/mol. The van der Waals surface area contributed by atoms with Gasteiger partial charge in [-0.1, -0.05) is 36.7 Å². The molecule has 228 valence electrons. The number of nitrogens with zero attached hydrogens (tertiary/aromatic N) is 3. The van der Waals surface area contributed by atoms with Crippen molar-refractivity contribution in [3.63, 3.8) is 0 Å². The molecule has 0 spiro atoms. The summed E-state index contributed by atoms with van der Waals surface area (Å²) in [5.41, 5.74) is 15.6. The Labute approximate surface area is 267 Å². The Morgan fingerprint density at radius 3 is 0.956 bits per heavy atom. The van der Waals surface area contributed by atoms with Gasteiger partial charge in [-0.25, -0.2) is 13.2 Å². The van der Waals surface area contributed by atoms with Gasteiger partial charge in [0.15, 0.2) is 0 Å². The van der Waals surface area contributed by atoms with Crippen molar-refractivity contribution in [3.05, 3.63) is 105 Å². The molecule has 0 saturated carbocycles. The summed E-state index contributed by atoms with van der Waals surface area (Å²) in [4.78, 5) is 47.4. The van der Waals surface area contributed by atoms with Crippen LogP contribution in [0.1, 0.15) is 47.8 Å². The number of rotatable bonds is 9. The van der Waals surface area contributed by atoms with E-state index in [4.69, 9.17) is 53.9 Å². The minimum Gasteiger partial charge on any atom is -0.366 e. The highest BCUT2D eigenvalue weighted by atomic mass is 32.1. The van der Waals surface area contributed by atoms with Gasteiger partial charge in [0.2, 0.25) is 35.6 Å². The van der Waals surface area contributed by atoms with E-state index in [0.29, 0.717) is 0 Å². The molecule has 1 heterocycles. The fraction of sp³-hybridized carbons (Fsp3) is 0. The van der Waals surface area contributed by atoms with E-state index in [0.717, 1.165) is 54.6 Å². The second kappa shape index (κ2) is 13.5. The Kier molecular flexibility index (Phi) is 9.70. The molecule has 18 heteroatoms. The lowest BCUT2D eigenvalue weighted by Gasteiger charge is -2.15. The molecule has 0 aliphatic rings. The van der Waals surface area contributed by atoms with Crippen LogP contribution in [0.4, 0.5) is 31.0 Å². The standard InChI is InChI=1S/C27H18F3N9O3S3/c28-10-1-4-13(19(31)40)16(7-10)22(43)34-25-37-26(35-23(44)17-8-11(29)2-5-14(17)20(32)41)39-27(38-25)36-24(45)18-9-12(30)3-6-15(18)21(33)42/h1-9H,(H2,31,40)(H2,32,41)(H2,33,42)(H3,34,35,36,37,38,39,43,44,45). The van der Waals surface area contributed by atoms with E-state index in [1.54, 1.807) is 0 Å². The van der Waals surface area contributed by atoms with Crippen LogP contribution in [-0.4, -0.2) is 47.6 Å². The summed E-state index contributed by atoms with van der Waals surface area (Å²) in [5.74, 6) is -5.84. The molecule has 0 fully saturated rings. The molecule has 4 aromatic rings. The zero-order valence-corrected chi connectivity index (χ0v) is 24.8. The molecule has 3 aromatic carbocycles. The highest BCUT2D eigenvalue weighted by Gasteiger charge is 2.20. The summed E-state index contributed by atoms with van der Waals surface area (Å²) in [6, 6.07) is 9.33. The van der Waals surface area contributed by atoms with Crippen LogP contribution in [0.15, 0.2) is 54.6 Å². The van der Waals surface area contributed by atoms with Gasteiger partial charge in [0, 0.05) is 33.4 Å². The van der Waals surface area contributed by atoms with Crippen molar-refractivity contribution in [2.24, 2.45) is 17.2 Å². The molecule has 12 nitrogen and oxygen atoms in total. The first-order chi connectivity index (χ1) is 21.2. The van der Waals surface area contributed by atoms with Crippen LogP contribution in [0.2, 0.25) is 0 Å². The Hall–Kier alpha value is -5.46. The Morgan fingerprint density at radius 2 is 0.733 bits per heavy atom. The van der Waals surface area contributed by atoms with Crippen molar-refractivity contribution in [1.29, 1.82) is 0 Å². The zero-order chi connectivity index (χ0) is 33.0. The van der Waals surface area contributed by atoms with Crippen molar-refractivity contribution in [3.8, 4) is 0 Å². The van der Waals surface area contributed by atoms with Gasteiger partial charge in [-0.3, -0.25) is 14.4 Å². The maximum Gasteiger partial charge on any atom is 0.249 e. The second-order valence-corrected chi connectivity index (χ2v) is 10.1. The van der Waals surface area contributed by atoms with E-state index in [9.17, 15) is 27.6 Å². The van der Waals surface area contributed by atoms with Gasteiger partial charge in [0.05, 0.1) is 0 Å². The molecule has 0 aliphatic heterocycles. The van der Waals surface area contributed by atoms with Gasteiger partial charge in [0.1, 0.15) is 32.4 Å². The molecule has 0 atom stereocenters. The molecular weight excluding hydrogens is 652 g/mol. The van der Waals surface area contributed by atoms with Crippen LogP contribution < -0.4 is 33.2 Å². The van der Waals surface area contributed by atoms with E-state index in [1.807, 2.05) is 0 Å². The minimum absolute atomic E-state index is 0.0929. The fourth-order valence-electron chi connectivity index (χ4n) is 3.81. The number of benzene rings is 3. The van der Waals surface area contributed by atoms with Crippen LogP contribution in [0.3, 0.4) is 0 Å². The number of thiocarbonyl (C=S) groups is 3. The summed E-state index contributed by atoms with van der Waals surface area (Å²) < 4.78 is 42.1. The summed E-state index contributed by atoms with van der Waals surface area (Å²) in [7, 11) is 0. The SMILES string of the molecule is NC(=O)c1ccc(F)cc1C(=S)Nc1nc(NC(=S)c2cc(F)ccc2C(N)=O)nc(NC(=S)c2cc(F)ccc2C(N)=O)n1. The van der Waals surface area contributed by atoms with Crippen molar-refractivity contribution in [2.75, 3.05) is 16.0 Å². The number of hydrogen-bond acceptors (Lipinski definition) is 9. The first-order valence-electron chi connectivity index (χ1n) is 12.2. The van der Waals surface area contributed by atoms with Crippen LogP contribution in [-0.2, 0) is 0 Å². The van der Waals surface area contributed by atoms with E-state index >= 15 is 0 Å². The maximum atomic E-state index is 14.0. The van der Waals surface area contributed by atoms with Gasteiger partial charge in [-0.2, -0.15) is 15.0 Å². The fourth-order valence-corrected chi connectivity index (χ4v) is 4.59. The van der Waals surface area contributed by atoms with Crippen LogP contribution in [0.25, 0.3) is 0 Å². The Bertz CT molecular complexity index is 1710. The summed E-state index contributed by atoms with van der Waals surface area (Å²) in [6.45, 7) is 0. The third-order valence-electron chi connectivity index (χ3n) is 5.79. The lowest BCUT2D eigenvalue weighted by atomic mass is 10.1. The molecule has 0 unspecified atom stereocenters. The molecule has 4 rings (SSSR count). The molecule has 9 N–H and O–H groups in total. The molecule has 0 bridgehead atoms. The van der Waals surface area contributed by atoms with E-state index in [2.05, 4.69) is 30.9 Å². The van der Waals surface area contributed by atoms with Crippen LogP contribution >= 0.6 is 36.7 Å². The monoisotopic (exact) mass is 669 g/mol. The number of carbonyl (C=O) groups excluding carboxylic acids is 3. The minimum atomic E-state index is -0.897. The summed E-state index contributed by atoms with van der Waals surface area (Å²) in [6.07, 6.45) is 0. The quantitative estimate of drug-likeness (QED) is 0.142. The summed E-state index contributed by atoms with van der Waals surface area (Å²) >= 11 is 16.0. The van der Waals surface area contributed by atoms with E-state index < -0.39 is 35.2 Å². The number of anilines is 3. The average Bonchev–Trinajstić information content (AvgIpc) is 2.96. The summed E-state index contributed by atoms with van der Waals surface area (Å²) in [5, 5.41) is 7.87. The first kappa shape index (κ1) is 32.5. The number of amides is 3. The molecule has 0 saturated heterocycles. The smallest absolute Gasteiger partial charge is 0.249 e. The third kappa shape index (κ3) is 7.74. The Morgan fingerprint density at radius 1 is 0.489 bits per heavy atom. The number of nitrogens with two attached hydrogens (primary N) is 3. The molecule has 0 aliphatic carbocycles. The highest BCUT2D eigenvalue weighted by Crippen LogP contribution is 2.20. The lowest BCUT2D eigenvalue weighted by molar-refractivity contribution is 0.0991. The van der Waals surface area contributed by atoms with Crippen LogP contribution in [0.5, 0.6) is 0 Å². The number of carbonyl (C=O) groups is 3. The normalized spacial score (nSPS) is 10.5. The number of halogens is 3. The second-order valence-electron chi connectivity index (χ2n) is 8.83. The Balaban J connectivity index is 1.76. The number of primary amides is 3. The van der Waals surface area contributed by atoms with Gasteiger partial charge < -0.3 is 33.2 Å². The maximum absolute atomic E-state index is 14.0. The predicted octanol–water partition coefficient (Wildman–Crippen LogP) is 2.95.